The molecule has 0 spiro atoms. The van der Waals surface area contributed by atoms with Crippen molar-refractivity contribution in [2.75, 3.05) is 35.5 Å². The number of methoxy groups -OCH3 is 4. The summed E-state index contributed by atoms with van der Waals surface area (Å²) in [4.78, 5) is 12.5. The van der Waals surface area contributed by atoms with Crippen molar-refractivity contribution in [1.82, 2.24) is 10.2 Å². The van der Waals surface area contributed by atoms with Gasteiger partial charge in [0.05, 0.1) is 5.57 Å². The van der Waals surface area contributed by atoms with Crippen molar-refractivity contribution < 1.29 is 23.7 Å². The molecule has 0 atom stereocenters. The van der Waals surface area contributed by atoms with Crippen molar-refractivity contribution in [2.24, 2.45) is 0 Å². The highest BCUT2D eigenvalue weighted by Gasteiger charge is 2.54. The topological polar surface area (TPSA) is 69.3 Å². The molecule has 0 amide bonds. The van der Waals surface area contributed by atoms with Gasteiger partial charge < -0.3 is 24.3 Å². The van der Waals surface area contributed by atoms with Crippen molar-refractivity contribution in [3.63, 3.8) is 0 Å². The largest absolute Gasteiger partial charge is 0.337 e. The summed E-state index contributed by atoms with van der Waals surface area (Å²) in [6.45, 7) is 0. The van der Waals surface area contributed by atoms with Crippen LogP contribution in [0.25, 0.3) is 0 Å². The Morgan fingerprint density at radius 1 is 1.18 bits per heavy atom. The van der Waals surface area contributed by atoms with E-state index in [0.717, 1.165) is 0 Å². The SMILES string of the molecule is COC1(OC)NC=C(C=O)C(OC)(OC)N1C. The number of ether oxygens (including phenoxy) is 4. The molecule has 17 heavy (non-hydrogen) atoms. The maximum absolute atomic E-state index is 11.0. The molecule has 0 aromatic carbocycles. The molecule has 98 valence electrons. The van der Waals surface area contributed by atoms with E-state index in [1.165, 1.54) is 39.5 Å². The maximum atomic E-state index is 11.0. The lowest BCUT2D eigenvalue weighted by Crippen LogP contribution is -2.71. The quantitative estimate of drug-likeness (QED) is 0.516. The Morgan fingerprint density at radius 2 is 1.71 bits per heavy atom. The Kier molecular flexibility index (Phi) is 4.23. The molecule has 7 heteroatoms. The lowest BCUT2D eigenvalue weighted by Gasteiger charge is -2.50. The molecule has 1 rings (SSSR count). The van der Waals surface area contributed by atoms with E-state index in [-0.39, 0.29) is 5.57 Å². The van der Waals surface area contributed by atoms with Gasteiger partial charge >= 0.3 is 6.03 Å². The summed E-state index contributed by atoms with van der Waals surface area (Å²) >= 11 is 0. The number of hydrogen-bond acceptors (Lipinski definition) is 7. The normalized spacial score (nSPS) is 22.8. The van der Waals surface area contributed by atoms with Gasteiger partial charge in [-0.2, -0.15) is 4.90 Å². The summed E-state index contributed by atoms with van der Waals surface area (Å²) in [5.41, 5.74) is 0.273. The first-order chi connectivity index (χ1) is 8.06. The average Bonchev–Trinajstić information content (AvgIpc) is 2.39. The van der Waals surface area contributed by atoms with E-state index in [4.69, 9.17) is 18.9 Å². The molecule has 0 fully saturated rings. The second kappa shape index (κ2) is 5.11. The van der Waals surface area contributed by atoms with Crippen molar-refractivity contribution in [2.45, 2.75) is 11.9 Å². The van der Waals surface area contributed by atoms with Gasteiger partial charge in [-0.3, -0.25) is 4.79 Å². The van der Waals surface area contributed by atoms with Crippen LogP contribution in [-0.4, -0.2) is 58.6 Å². The first-order valence-electron chi connectivity index (χ1n) is 4.95. The summed E-state index contributed by atoms with van der Waals surface area (Å²) < 4.78 is 21.1. The summed E-state index contributed by atoms with van der Waals surface area (Å²) in [6, 6.07) is -1.27. The van der Waals surface area contributed by atoms with E-state index < -0.39 is 11.9 Å². The molecule has 0 aromatic rings. The Bertz CT molecular complexity index is 310. The van der Waals surface area contributed by atoms with Crippen molar-refractivity contribution in [3.05, 3.63) is 11.8 Å². The Hall–Kier alpha value is -0.990. The zero-order chi connectivity index (χ0) is 13.1. The molecule has 0 saturated carbocycles. The fourth-order valence-electron chi connectivity index (χ4n) is 1.92. The Labute approximate surface area is 100 Å². The van der Waals surface area contributed by atoms with Gasteiger partial charge in [-0.25, -0.2) is 0 Å². The smallest absolute Gasteiger partial charge is 0.320 e. The standard InChI is InChI=1S/C10H18N2O5/c1-12-9(14-2,15-3)8(7-13)6-11-10(12,16-4)17-5/h6-7,11H,1-5H3. The minimum absolute atomic E-state index is 0.273. The van der Waals surface area contributed by atoms with Crippen LogP contribution >= 0.6 is 0 Å². The highest BCUT2D eigenvalue weighted by molar-refractivity contribution is 5.75. The second-order valence-corrected chi connectivity index (χ2v) is 3.40. The summed E-state index contributed by atoms with van der Waals surface area (Å²) in [5, 5.41) is 2.83. The molecular weight excluding hydrogens is 228 g/mol. The maximum Gasteiger partial charge on any atom is 0.320 e. The van der Waals surface area contributed by atoms with Crippen LogP contribution < -0.4 is 5.32 Å². The molecule has 0 aromatic heterocycles. The summed E-state index contributed by atoms with van der Waals surface area (Å²) in [5.74, 6) is -1.36. The first kappa shape index (κ1) is 14.1. The van der Waals surface area contributed by atoms with Crippen LogP contribution in [-0.2, 0) is 23.7 Å². The van der Waals surface area contributed by atoms with E-state index in [0.29, 0.717) is 6.29 Å². The molecule has 0 radical (unpaired) electrons. The Morgan fingerprint density at radius 3 is 2.06 bits per heavy atom. The van der Waals surface area contributed by atoms with E-state index in [9.17, 15) is 4.79 Å². The van der Waals surface area contributed by atoms with Gasteiger partial charge in [0.1, 0.15) is 0 Å². The third-order valence-electron chi connectivity index (χ3n) is 2.89. The van der Waals surface area contributed by atoms with Crippen LogP contribution in [0.1, 0.15) is 0 Å². The molecule has 7 nitrogen and oxygen atoms in total. The fourth-order valence-corrected chi connectivity index (χ4v) is 1.92. The lowest BCUT2D eigenvalue weighted by atomic mass is 10.1. The van der Waals surface area contributed by atoms with E-state index in [1.807, 2.05) is 0 Å². The van der Waals surface area contributed by atoms with Crippen LogP contribution in [0.4, 0.5) is 0 Å². The van der Waals surface area contributed by atoms with Gasteiger partial charge in [0.2, 0.25) is 0 Å². The van der Waals surface area contributed by atoms with Gasteiger partial charge in [-0.05, 0) is 7.05 Å². The number of likely N-dealkylation sites (N-methyl/N-ethyl adjacent to an activating group) is 1. The van der Waals surface area contributed by atoms with Gasteiger partial charge in [0.15, 0.2) is 6.29 Å². The van der Waals surface area contributed by atoms with Gasteiger partial charge in [0.25, 0.3) is 5.91 Å². The number of carbonyl (C=O) groups is 1. The second-order valence-electron chi connectivity index (χ2n) is 3.40. The van der Waals surface area contributed by atoms with Gasteiger partial charge in [-0.1, -0.05) is 0 Å². The third-order valence-corrected chi connectivity index (χ3v) is 2.89. The molecule has 0 saturated heterocycles. The zero-order valence-electron chi connectivity index (χ0n) is 10.6. The molecule has 0 bridgehead atoms. The van der Waals surface area contributed by atoms with Crippen molar-refractivity contribution >= 4 is 6.29 Å². The molecule has 1 heterocycles. The minimum Gasteiger partial charge on any atom is -0.337 e. The molecule has 1 aliphatic rings. The third kappa shape index (κ3) is 1.85. The van der Waals surface area contributed by atoms with Crippen LogP contribution in [0.2, 0.25) is 0 Å². The van der Waals surface area contributed by atoms with Crippen LogP contribution in [0.5, 0.6) is 0 Å². The predicted octanol–water partition coefficient (Wildman–Crippen LogP) is -0.545. The average molecular weight is 246 g/mol. The predicted molar refractivity (Wildman–Crippen MR) is 58.5 cm³/mol. The minimum atomic E-state index is -1.36. The zero-order valence-corrected chi connectivity index (χ0v) is 10.6. The lowest BCUT2D eigenvalue weighted by molar-refractivity contribution is -0.401. The van der Waals surface area contributed by atoms with Crippen molar-refractivity contribution in [1.29, 1.82) is 0 Å². The van der Waals surface area contributed by atoms with Gasteiger partial charge in [-0.15, -0.1) is 0 Å². The molecular formula is C10H18N2O5. The number of carbonyl (C=O) groups excluding carboxylic acids is 1. The van der Waals surface area contributed by atoms with Crippen LogP contribution in [0, 0.1) is 0 Å². The molecule has 0 aliphatic carbocycles. The first-order valence-corrected chi connectivity index (χ1v) is 4.95. The molecule has 1 N–H and O–H groups in total. The molecule has 0 unspecified atom stereocenters. The Balaban J connectivity index is 3.28. The summed E-state index contributed by atoms with van der Waals surface area (Å²) in [6.07, 6.45) is 2.08. The van der Waals surface area contributed by atoms with Gasteiger partial charge in [0, 0.05) is 34.6 Å². The van der Waals surface area contributed by atoms with E-state index in [1.54, 1.807) is 7.05 Å². The highest BCUT2D eigenvalue weighted by Crippen LogP contribution is 2.33. The molecule has 1 aliphatic heterocycles. The number of hydrogen-bond donors (Lipinski definition) is 1. The van der Waals surface area contributed by atoms with Crippen LogP contribution in [0.3, 0.4) is 0 Å². The summed E-state index contributed by atoms with van der Waals surface area (Å²) in [7, 11) is 7.42. The van der Waals surface area contributed by atoms with Crippen molar-refractivity contribution in [3.8, 4) is 0 Å². The number of nitrogens with one attached hydrogen (secondary N) is 1. The number of nitrogens with zero attached hydrogens (tertiary/aromatic N) is 1. The number of rotatable bonds is 5. The fraction of sp³-hybridized carbons (Fsp3) is 0.700. The highest BCUT2D eigenvalue weighted by atomic mass is 16.8. The monoisotopic (exact) mass is 246 g/mol. The van der Waals surface area contributed by atoms with Crippen LogP contribution in [0.15, 0.2) is 11.8 Å². The van der Waals surface area contributed by atoms with E-state index >= 15 is 0 Å². The number of aldehydes is 1. The van der Waals surface area contributed by atoms with E-state index in [2.05, 4.69) is 5.32 Å².